The number of β-amino-alcohol motifs (C(OH)–C–C–N with tert-alkyl or cyclic N) is 1. The Morgan fingerprint density at radius 1 is 1.52 bits per heavy atom. The number of aromatic nitrogens is 2. The number of hydrogen-bond donors (Lipinski definition) is 1. The maximum atomic E-state index is 13.0. The zero-order valence-electron chi connectivity index (χ0n) is 12.1. The Morgan fingerprint density at radius 3 is 2.57 bits per heavy atom. The largest absolute Gasteiger partial charge is 0.435 e. The summed E-state index contributed by atoms with van der Waals surface area (Å²) in [7, 11) is 0. The molecule has 0 aliphatic carbocycles. The first kappa shape index (κ1) is 15.8. The van der Waals surface area contributed by atoms with Crippen molar-refractivity contribution >= 4 is 5.91 Å². The Labute approximate surface area is 120 Å². The highest BCUT2D eigenvalue weighted by molar-refractivity contribution is 5.95. The molecule has 1 N–H and O–H groups in total. The molecule has 1 saturated heterocycles. The number of carbonyl (C=O) groups excluding carboxylic acids is 1. The van der Waals surface area contributed by atoms with Gasteiger partial charge in [-0.15, -0.1) is 0 Å². The highest BCUT2D eigenvalue weighted by atomic mass is 19.4. The Balaban J connectivity index is 2.34. The summed E-state index contributed by atoms with van der Waals surface area (Å²) >= 11 is 0. The minimum Gasteiger partial charge on any atom is -0.391 e. The summed E-state index contributed by atoms with van der Waals surface area (Å²) in [6.45, 7) is 5.66. The number of halogens is 3. The van der Waals surface area contributed by atoms with Crippen LogP contribution in [0.15, 0.2) is 6.20 Å². The van der Waals surface area contributed by atoms with Gasteiger partial charge in [-0.3, -0.25) is 9.48 Å². The van der Waals surface area contributed by atoms with Gasteiger partial charge < -0.3 is 10.0 Å². The Hall–Kier alpha value is -1.57. The van der Waals surface area contributed by atoms with E-state index in [0.717, 1.165) is 10.9 Å². The SMILES string of the molecule is CCn1cc(C(=O)N2CC(O)C(C)(C)C2)c(C(F)(F)F)n1. The number of alkyl halides is 3. The van der Waals surface area contributed by atoms with E-state index in [4.69, 9.17) is 0 Å². The van der Waals surface area contributed by atoms with Crippen molar-refractivity contribution in [1.29, 1.82) is 0 Å². The van der Waals surface area contributed by atoms with Gasteiger partial charge in [-0.25, -0.2) is 0 Å². The molecule has 2 rings (SSSR count). The number of likely N-dealkylation sites (tertiary alicyclic amines) is 1. The van der Waals surface area contributed by atoms with E-state index < -0.39 is 34.9 Å². The summed E-state index contributed by atoms with van der Waals surface area (Å²) in [5, 5.41) is 13.3. The first-order chi connectivity index (χ1) is 9.56. The van der Waals surface area contributed by atoms with Crippen LogP contribution in [-0.2, 0) is 12.7 Å². The van der Waals surface area contributed by atoms with Crippen LogP contribution in [0.2, 0.25) is 0 Å². The lowest BCUT2D eigenvalue weighted by atomic mass is 9.90. The van der Waals surface area contributed by atoms with Gasteiger partial charge in [0.05, 0.1) is 11.7 Å². The van der Waals surface area contributed by atoms with Crippen LogP contribution in [0.3, 0.4) is 0 Å². The standard InChI is InChI=1S/C13H18F3N3O2/c1-4-19-5-8(10(17-19)13(14,15)16)11(21)18-6-9(20)12(2,3)7-18/h5,9,20H,4,6-7H2,1-3H3. The van der Waals surface area contributed by atoms with Crippen LogP contribution in [-0.4, -0.2) is 44.9 Å². The number of amides is 1. The van der Waals surface area contributed by atoms with Crippen LogP contribution in [0.1, 0.15) is 36.8 Å². The summed E-state index contributed by atoms with van der Waals surface area (Å²) < 4.78 is 40.0. The second-order valence-electron chi connectivity index (χ2n) is 5.93. The molecule has 1 aliphatic rings. The first-order valence-corrected chi connectivity index (χ1v) is 6.68. The zero-order chi connectivity index (χ0) is 16.0. The summed E-state index contributed by atoms with van der Waals surface area (Å²) in [6, 6.07) is 0. The van der Waals surface area contributed by atoms with E-state index in [1.54, 1.807) is 20.8 Å². The Bertz CT molecular complexity index is 551. The maximum absolute atomic E-state index is 13.0. The maximum Gasteiger partial charge on any atom is 0.435 e. The number of carbonyl (C=O) groups is 1. The van der Waals surface area contributed by atoms with E-state index in [1.165, 1.54) is 4.90 Å². The fraction of sp³-hybridized carbons (Fsp3) is 0.692. The highest BCUT2D eigenvalue weighted by Gasteiger charge is 2.44. The third-order valence-electron chi connectivity index (χ3n) is 3.77. The quantitative estimate of drug-likeness (QED) is 0.906. The van der Waals surface area contributed by atoms with E-state index in [1.807, 2.05) is 0 Å². The van der Waals surface area contributed by atoms with Crippen molar-refractivity contribution in [3.63, 3.8) is 0 Å². The van der Waals surface area contributed by atoms with Crippen molar-refractivity contribution in [3.8, 4) is 0 Å². The van der Waals surface area contributed by atoms with Crippen LogP contribution >= 0.6 is 0 Å². The molecule has 1 atom stereocenters. The summed E-state index contributed by atoms with van der Waals surface area (Å²) in [4.78, 5) is 13.6. The average Bonchev–Trinajstić information content (AvgIpc) is 2.90. The Kier molecular flexibility index (Phi) is 3.77. The molecule has 21 heavy (non-hydrogen) atoms. The van der Waals surface area contributed by atoms with Gasteiger partial charge in [0.25, 0.3) is 5.91 Å². The lowest BCUT2D eigenvalue weighted by Crippen LogP contribution is -2.31. The number of aliphatic hydroxyl groups is 1. The highest BCUT2D eigenvalue weighted by Crippen LogP contribution is 2.34. The normalized spacial score (nSPS) is 21.9. The minimum atomic E-state index is -4.68. The predicted octanol–water partition coefficient (Wildman–Crippen LogP) is 1.76. The summed E-state index contributed by atoms with van der Waals surface area (Å²) in [5.74, 6) is -0.744. The number of rotatable bonds is 2. The molecule has 0 aromatic carbocycles. The zero-order valence-corrected chi connectivity index (χ0v) is 12.1. The first-order valence-electron chi connectivity index (χ1n) is 6.68. The summed E-state index contributed by atoms with van der Waals surface area (Å²) in [5.41, 5.74) is -2.17. The lowest BCUT2D eigenvalue weighted by Gasteiger charge is -2.21. The molecule has 1 unspecified atom stereocenters. The van der Waals surface area contributed by atoms with E-state index in [0.29, 0.717) is 0 Å². The smallest absolute Gasteiger partial charge is 0.391 e. The molecule has 1 aliphatic heterocycles. The molecule has 0 bridgehead atoms. The van der Waals surface area contributed by atoms with E-state index in [-0.39, 0.29) is 19.6 Å². The van der Waals surface area contributed by atoms with Crippen molar-refractivity contribution in [2.45, 2.75) is 39.6 Å². The van der Waals surface area contributed by atoms with Crippen molar-refractivity contribution in [3.05, 3.63) is 17.5 Å². The van der Waals surface area contributed by atoms with Crippen molar-refractivity contribution in [2.75, 3.05) is 13.1 Å². The van der Waals surface area contributed by atoms with Gasteiger partial charge in [0, 0.05) is 31.2 Å². The number of aliphatic hydroxyl groups excluding tert-OH is 1. The molecule has 1 fully saturated rings. The van der Waals surface area contributed by atoms with Gasteiger partial charge >= 0.3 is 6.18 Å². The number of nitrogens with zero attached hydrogens (tertiary/aromatic N) is 3. The van der Waals surface area contributed by atoms with Crippen molar-refractivity contribution < 1.29 is 23.1 Å². The van der Waals surface area contributed by atoms with Gasteiger partial charge in [-0.1, -0.05) is 13.8 Å². The fourth-order valence-corrected chi connectivity index (χ4v) is 2.39. The van der Waals surface area contributed by atoms with E-state index >= 15 is 0 Å². The van der Waals surface area contributed by atoms with Crippen LogP contribution in [0, 0.1) is 5.41 Å². The molecular weight excluding hydrogens is 287 g/mol. The third-order valence-corrected chi connectivity index (χ3v) is 3.77. The monoisotopic (exact) mass is 305 g/mol. The molecule has 5 nitrogen and oxygen atoms in total. The Morgan fingerprint density at radius 2 is 2.14 bits per heavy atom. The van der Waals surface area contributed by atoms with Crippen molar-refractivity contribution in [1.82, 2.24) is 14.7 Å². The van der Waals surface area contributed by atoms with Crippen molar-refractivity contribution in [2.24, 2.45) is 5.41 Å². The predicted molar refractivity (Wildman–Crippen MR) is 68.6 cm³/mol. The fourth-order valence-electron chi connectivity index (χ4n) is 2.39. The second-order valence-corrected chi connectivity index (χ2v) is 5.93. The van der Waals surface area contributed by atoms with E-state index in [2.05, 4.69) is 5.10 Å². The second kappa shape index (κ2) is 5.01. The van der Waals surface area contributed by atoms with Gasteiger partial charge in [-0.2, -0.15) is 18.3 Å². The number of aryl methyl sites for hydroxylation is 1. The third kappa shape index (κ3) is 2.90. The molecule has 1 aromatic rings. The average molecular weight is 305 g/mol. The van der Waals surface area contributed by atoms with Crippen LogP contribution in [0.5, 0.6) is 0 Å². The van der Waals surface area contributed by atoms with E-state index in [9.17, 15) is 23.1 Å². The minimum absolute atomic E-state index is 0.0282. The molecule has 0 saturated carbocycles. The van der Waals surface area contributed by atoms with Gasteiger partial charge in [0.15, 0.2) is 5.69 Å². The topological polar surface area (TPSA) is 58.4 Å². The molecule has 8 heteroatoms. The molecule has 118 valence electrons. The van der Waals surface area contributed by atoms with Crippen LogP contribution in [0.25, 0.3) is 0 Å². The molecule has 2 heterocycles. The van der Waals surface area contributed by atoms with Crippen LogP contribution in [0.4, 0.5) is 13.2 Å². The molecule has 1 aromatic heterocycles. The number of hydrogen-bond acceptors (Lipinski definition) is 3. The molecular formula is C13H18F3N3O2. The van der Waals surface area contributed by atoms with Gasteiger partial charge in [0.2, 0.25) is 0 Å². The van der Waals surface area contributed by atoms with Gasteiger partial charge in [0.1, 0.15) is 0 Å². The molecule has 1 amide bonds. The van der Waals surface area contributed by atoms with Gasteiger partial charge in [-0.05, 0) is 6.92 Å². The summed E-state index contributed by atoms with van der Waals surface area (Å²) in [6.07, 6.45) is -4.32. The molecule has 0 radical (unpaired) electrons. The molecule has 0 spiro atoms. The lowest BCUT2D eigenvalue weighted by molar-refractivity contribution is -0.141. The van der Waals surface area contributed by atoms with Crippen LogP contribution < -0.4 is 0 Å².